The molecule has 0 spiro atoms. The fourth-order valence-corrected chi connectivity index (χ4v) is 1.20. The van der Waals surface area contributed by atoms with E-state index in [0.717, 1.165) is 26.2 Å². The summed E-state index contributed by atoms with van der Waals surface area (Å²) in [5.74, 6) is 0.298. The molecule has 1 fully saturated rings. The van der Waals surface area contributed by atoms with Crippen molar-refractivity contribution in [3.05, 3.63) is 11.4 Å². The van der Waals surface area contributed by atoms with Gasteiger partial charge in [0.1, 0.15) is 18.0 Å². The molecule has 0 aromatic heterocycles. The van der Waals surface area contributed by atoms with Crippen LogP contribution in [-0.2, 0) is 0 Å². The van der Waals surface area contributed by atoms with Crippen LogP contribution in [0.5, 0.6) is 0 Å². The minimum atomic E-state index is 0.00176. The van der Waals surface area contributed by atoms with Crippen molar-refractivity contribution in [2.24, 2.45) is 5.73 Å². The molecule has 1 rings (SSSR count). The Morgan fingerprint density at radius 2 is 1.77 bits per heavy atom. The molecule has 5 nitrogen and oxygen atoms in total. The number of allylic oxidation sites excluding steroid dienone is 1. The van der Waals surface area contributed by atoms with Crippen molar-refractivity contribution in [1.29, 1.82) is 10.5 Å². The molecule has 68 valence electrons. The molecule has 1 aliphatic rings. The van der Waals surface area contributed by atoms with Gasteiger partial charge in [-0.05, 0) is 0 Å². The predicted molar refractivity (Wildman–Crippen MR) is 46.9 cm³/mol. The van der Waals surface area contributed by atoms with E-state index in [1.54, 1.807) is 12.1 Å². The molecule has 5 heteroatoms. The number of nitrogens with one attached hydrogen (secondary N) is 1. The van der Waals surface area contributed by atoms with Crippen molar-refractivity contribution < 1.29 is 0 Å². The smallest absolute Gasteiger partial charge is 0.169 e. The van der Waals surface area contributed by atoms with Crippen molar-refractivity contribution in [2.45, 2.75) is 0 Å². The van der Waals surface area contributed by atoms with Crippen LogP contribution >= 0.6 is 0 Å². The van der Waals surface area contributed by atoms with E-state index in [2.05, 4.69) is 5.32 Å². The molecule has 0 aromatic carbocycles. The monoisotopic (exact) mass is 177 g/mol. The number of nitriles is 2. The lowest BCUT2D eigenvalue weighted by Gasteiger charge is -2.29. The summed E-state index contributed by atoms with van der Waals surface area (Å²) in [6.45, 7) is 3.17. The number of nitrogens with two attached hydrogens (primary N) is 1. The van der Waals surface area contributed by atoms with Gasteiger partial charge in [0.05, 0.1) is 0 Å². The van der Waals surface area contributed by atoms with Crippen LogP contribution in [0, 0.1) is 22.7 Å². The van der Waals surface area contributed by atoms with Crippen LogP contribution in [0.2, 0.25) is 0 Å². The van der Waals surface area contributed by atoms with Crippen LogP contribution < -0.4 is 11.1 Å². The van der Waals surface area contributed by atoms with Crippen LogP contribution in [0.1, 0.15) is 0 Å². The molecular formula is C8H11N5. The van der Waals surface area contributed by atoms with Crippen LogP contribution in [0.25, 0.3) is 0 Å². The zero-order valence-electron chi connectivity index (χ0n) is 7.25. The lowest BCUT2D eigenvalue weighted by atomic mass is 10.3. The second-order valence-electron chi connectivity index (χ2n) is 2.72. The first-order valence-corrected chi connectivity index (χ1v) is 4.05. The second-order valence-corrected chi connectivity index (χ2v) is 2.72. The van der Waals surface area contributed by atoms with Crippen molar-refractivity contribution in [1.82, 2.24) is 10.2 Å². The first kappa shape index (κ1) is 9.37. The molecule has 1 aliphatic heterocycles. The Labute approximate surface area is 77.0 Å². The second kappa shape index (κ2) is 4.34. The van der Waals surface area contributed by atoms with Crippen molar-refractivity contribution in [3.63, 3.8) is 0 Å². The Bertz CT molecular complexity index is 271. The Morgan fingerprint density at radius 3 is 2.23 bits per heavy atom. The molecule has 0 unspecified atom stereocenters. The van der Waals surface area contributed by atoms with Crippen molar-refractivity contribution in [2.75, 3.05) is 26.2 Å². The van der Waals surface area contributed by atoms with Gasteiger partial charge in [-0.1, -0.05) is 0 Å². The maximum absolute atomic E-state index is 8.57. The van der Waals surface area contributed by atoms with Gasteiger partial charge in [-0.15, -0.1) is 0 Å². The highest BCUT2D eigenvalue weighted by Gasteiger charge is 2.13. The standard InChI is InChI=1S/C8H11N5/c9-5-7(6-10)8(11)13-3-1-12-2-4-13/h12H,1-4,11H2. The SMILES string of the molecule is N#CC(C#N)=C(N)N1CCNCC1. The molecule has 0 amide bonds. The molecule has 0 bridgehead atoms. The highest BCUT2D eigenvalue weighted by atomic mass is 15.2. The third kappa shape index (κ3) is 2.11. The van der Waals surface area contributed by atoms with Crippen molar-refractivity contribution >= 4 is 0 Å². The maximum atomic E-state index is 8.57. The molecule has 1 heterocycles. The number of hydrogen-bond donors (Lipinski definition) is 2. The fourth-order valence-electron chi connectivity index (χ4n) is 1.20. The van der Waals surface area contributed by atoms with Crippen LogP contribution in [0.4, 0.5) is 0 Å². The zero-order valence-corrected chi connectivity index (χ0v) is 7.25. The van der Waals surface area contributed by atoms with E-state index in [9.17, 15) is 0 Å². The van der Waals surface area contributed by atoms with Gasteiger partial charge in [0.2, 0.25) is 0 Å². The Balaban J connectivity index is 2.76. The lowest BCUT2D eigenvalue weighted by molar-refractivity contribution is 0.295. The van der Waals surface area contributed by atoms with Gasteiger partial charge < -0.3 is 16.0 Å². The van der Waals surface area contributed by atoms with E-state index < -0.39 is 0 Å². The Morgan fingerprint density at radius 1 is 1.23 bits per heavy atom. The summed E-state index contributed by atoms with van der Waals surface area (Å²) in [6.07, 6.45) is 0. The molecular weight excluding hydrogens is 166 g/mol. The third-order valence-corrected chi connectivity index (χ3v) is 1.94. The van der Waals surface area contributed by atoms with E-state index in [4.69, 9.17) is 16.3 Å². The molecule has 13 heavy (non-hydrogen) atoms. The van der Waals surface area contributed by atoms with Crippen molar-refractivity contribution in [3.8, 4) is 12.1 Å². The minimum Gasteiger partial charge on any atom is -0.384 e. The van der Waals surface area contributed by atoms with Crippen LogP contribution in [0.15, 0.2) is 11.4 Å². The summed E-state index contributed by atoms with van der Waals surface area (Å²) in [5, 5.41) is 20.3. The van der Waals surface area contributed by atoms with Gasteiger partial charge in [-0.25, -0.2) is 0 Å². The quantitative estimate of drug-likeness (QED) is 0.507. The van der Waals surface area contributed by atoms with Gasteiger partial charge in [0, 0.05) is 26.2 Å². The molecule has 0 saturated carbocycles. The van der Waals surface area contributed by atoms with E-state index in [-0.39, 0.29) is 5.57 Å². The molecule has 0 aliphatic carbocycles. The van der Waals surface area contributed by atoms with E-state index in [1.807, 2.05) is 4.90 Å². The average Bonchev–Trinajstić information content (AvgIpc) is 2.21. The van der Waals surface area contributed by atoms with Gasteiger partial charge >= 0.3 is 0 Å². The van der Waals surface area contributed by atoms with Crippen LogP contribution in [-0.4, -0.2) is 31.1 Å². The van der Waals surface area contributed by atoms with E-state index in [1.165, 1.54) is 0 Å². The maximum Gasteiger partial charge on any atom is 0.169 e. The summed E-state index contributed by atoms with van der Waals surface area (Å²) in [5.41, 5.74) is 5.65. The lowest BCUT2D eigenvalue weighted by Crippen LogP contribution is -2.45. The third-order valence-electron chi connectivity index (χ3n) is 1.94. The first-order chi connectivity index (χ1) is 6.29. The largest absolute Gasteiger partial charge is 0.384 e. The fraction of sp³-hybridized carbons (Fsp3) is 0.500. The van der Waals surface area contributed by atoms with Gasteiger partial charge in [0.15, 0.2) is 5.57 Å². The normalized spacial score (nSPS) is 15.7. The summed E-state index contributed by atoms with van der Waals surface area (Å²) in [7, 11) is 0. The molecule has 0 radical (unpaired) electrons. The molecule has 0 aromatic rings. The minimum absolute atomic E-state index is 0.00176. The first-order valence-electron chi connectivity index (χ1n) is 4.05. The Kier molecular flexibility index (Phi) is 3.13. The summed E-state index contributed by atoms with van der Waals surface area (Å²) in [6, 6.07) is 3.56. The zero-order chi connectivity index (χ0) is 9.68. The number of nitrogens with zero attached hydrogens (tertiary/aromatic N) is 3. The highest BCUT2D eigenvalue weighted by molar-refractivity contribution is 5.38. The van der Waals surface area contributed by atoms with E-state index >= 15 is 0 Å². The number of piperazine rings is 1. The Hall–Kier alpha value is -1.72. The van der Waals surface area contributed by atoms with E-state index in [0.29, 0.717) is 5.82 Å². The molecule has 0 atom stereocenters. The van der Waals surface area contributed by atoms with Gasteiger partial charge in [0.25, 0.3) is 0 Å². The predicted octanol–water partition coefficient (Wildman–Crippen LogP) is -0.891. The molecule has 3 N–H and O–H groups in total. The highest BCUT2D eigenvalue weighted by Crippen LogP contribution is 2.04. The summed E-state index contributed by atoms with van der Waals surface area (Å²) >= 11 is 0. The average molecular weight is 177 g/mol. The van der Waals surface area contributed by atoms with Crippen LogP contribution in [0.3, 0.4) is 0 Å². The summed E-state index contributed by atoms with van der Waals surface area (Å²) in [4.78, 5) is 1.85. The van der Waals surface area contributed by atoms with Gasteiger partial charge in [-0.2, -0.15) is 10.5 Å². The summed E-state index contributed by atoms with van der Waals surface area (Å²) < 4.78 is 0. The number of rotatable bonds is 1. The topological polar surface area (TPSA) is 88.9 Å². The molecule has 1 saturated heterocycles. The number of hydrogen-bond acceptors (Lipinski definition) is 5. The van der Waals surface area contributed by atoms with Gasteiger partial charge in [-0.3, -0.25) is 0 Å².